The minimum absolute atomic E-state index is 0.199. The lowest BCUT2D eigenvalue weighted by Crippen LogP contribution is -2.39. The first-order valence-corrected chi connectivity index (χ1v) is 9.10. The summed E-state index contributed by atoms with van der Waals surface area (Å²) in [6.07, 6.45) is 4.82. The maximum Gasteiger partial charge on any atom is 0.254 e. The van der Waals surface area contributed by atoms with Crippen LogP contribution in [0.5, 0.6) is 0 Å². The molecule has 0 spiro atoms. The predicted molar refractivity (Wildman–Crippen MR) is 98.4 cm³/mol. The van der Waals surface area contributed by atoms with Crippen molar-refractivity contribution in [1.29, 1.82) is 0 Å². The van der Waals surface area contributed by atoms with Gasteiger partial charge in [0, 0.05) is 50.2 Å². The van der Waals surface area contributed by atoms with Crippen molar-refractivity contribution >= 4 is 5.91 Å². The van der Waals surface area contributed by atoms with Crippen LogP contribution in [0.3, 0.4) is 0 Å². The van der Waals surface area contributed by atoms with Gasteiger partial charge in [0.25, 0.3) is 5.91 Å². The van der Waals surface area contributed by atoms with Gasteiger partial charge in [0.05, 0.1) is 0 Å². The number of carbonyl (C=O) groups excluding carboxylic acids is 1. The molecule has 1 aromatic carbocycles. The smallest absolute Gasteiger partial charge is 0.254 e. The molecular formula is C21H25N3O. The van der Waals surface area contributed by atoms with E-state index in [0.29, 0.717) is 12.0 Å². The topological polar surface area (TPSA) is 36.4 Å². The normalized spacial score (nSPS) is 23.0. The largest absolute Gasteiger partial charge is 0.334 e. The number of amides is 1. The van der Waals surface area contributed by atoms with Gasteiger partial charge in [-0.1, -0.05) is 17.2 Å². The van der Waals surface area contributed by atoms with Gasteiger partial charge in [0.1, 0.15) is 0 Å². The van der Waals surface area contributed by atoms with Crippen LogP contribution in [0.2, 0.25) is 0 Å². The van der Waals surface area contributed by atoms with Crippen LogP contribution in [0, 0.1) is 19.8 Å². The van der Waals surface area contributed by atoms with Crippen LogP contribution in [-0.2, 0) is 6.54 Å². The summed E-state index contributed by atoms with van der Waals surface area (Å²) < 4.78 is 0. The van der Waals surface area contributed by atoms with Crippen molar-refractivity contribution in [1.82, 2.24) is 14.8 Å². The molecule has 2 aliphatic heterocycles. The van der Waals surface area contributed by atoms with Crippen LogP contribution in [0.4, 0.5) is 0 Å². The van der Waals surface area contributed by atoms with Gasteiger partial charge < -0.3 is 4.90 Å². The number of rotatable bonds is 3. The molecule has 2 saturated heterocycles. The monoisotopic (exact) mass is 335 g/mol. The Morgan fingerprint density at radius 3 is 2.56 bits per heavy atom. The highest BCUT2D eigenvalue weighted by molar-refractivity contribution is 5.95. The molecule has 4 rings (SSSR count). The molecule has 1 amide bonds. The Bertz CT molecular complexity index is 754. The van der Waals surface area contributed by atoms with E-state index in [1.54, 1.807) is 0 Å². The zero-order chi connectivity index (χ0) is 17.4. The highest BCUT2D eigenvalue weighted by Crippen LogP contribution is 2.33. The highest BCUT2D eigenvalue weighted by atomic mass is 16.2. The van der Waals surface area contributed by atoms with E-state index >= 15 is 0 Å². The Kier molecular flexibility index (Phi) is 4.30. The Morgan fingerprint density at radius 2 is 1.84 bits per heavy atom. The molecule has 0 radical (unpaired) electrons. The third-order valence-electron chi connectivity index (χ3n) is 5.51. The lowest BCUT2D eigenvalue weighted by molar-refractivity contribution is 0.0726. The number of hydrogen-bond donors (Lipinski definition) is 0. The van der Waals surface area contributed by atoms with E-state index in [0.717, 1.165) is 49.3 Å². The van der Waals surface area contributed by atoms with Crippen molar-refractivity contribution < 1.29 is 4.79 Å². The number of fused-ring (bicyclic) bond motifs is 1. The molecule has 0 bridgehead atoms. The maximum atomic E-state index is 13.1. The average Bonchev–Trinajstić information content (AvgIpc) is 3.14. The number of carbonyl (C=O) groups is 1. The standard InChI is InChI=1S/C21H25N3O/c1-15-9-16(2)11-19(10-15)21(25)24-8-5-18-13-23(14-20(18)24)12-17-3-6-22-7-4-17/h3-4,6-7,9-11,18,20H,5,8,12-14H2,1-2H3. The molecule has 3 heterocycles. The maximum absolute atomic E-state index is 13.1. The second-order valence-corrected chi connectivity index (χ2v) is 7.54. The van der Waals surface area contributed by atoms with Crippen molar-refractivity contribution in [2.75, 3.05) is 19.6 Å². The molecule has 2 fully saturated rings. The van der Waals surface area contributed by atoms with Gasteiger partial charge >= 0.3 is 0 Å². The van der Waals surface area contributed by atoms with E-state index in [4.69, 9.17) is 0 Å². The highest BCUT2D eigenvalue weighted by Gasteiger charge is 2.43. The fourth-order valence-corrected chi connectivity index (χ4v) is 4.44. The Balaban J connectivity index is 1.47. The number of pyridine rings is 1. The van der Waals surface area contributed by atoms with Crippen molar-refractivity contribution in [3.8, 4) is 0 Å². The minimum Gasteiger partial charge on any atom is -0.334 e. The number of hydrogen-bond acceptors (Lipinski definition) is 3. The molecule has 2 unspecified atom stereocenters. The molecule has 4 nitrogen and oxygen atoms in total. The molecular weight excluding hydrogens is 310 g/mol. The summed E-state index contributed by atoms with van der Waals surface area (Å²) in [4.78, 5) is 21.7. The lowest BCUT2D eigenvalue weighted by Gasteiger charge is -2.25. The van der Waals surface area contributed by atoms with Crippen LogP contribution in [0.1, 0.15) is 33.5 Å². The zero-order valence-electron chi connectivity index (χ0n) is 15.0. The number of aromatic nitrogens is 1. The first-order valence-electron chi connectivity index (χ1n) is 9.10. The summed E-state index contributed by atoms with van der Waals surface area (Å²) in [5.41, 5.74) is 4.45. The van der Waals surface area contributed by atoms with Crippen molar-refractivity contribution in [2.45, 2.75) is 32.9 Å². The third-order valence-corrected chi connectivity index (χ3v) is 5.51. The van der Waals surface area contributed by atoms with Gasteiger partial charge in [0.2, 0.25) is 0 Å². The summed E-state index contributed by atoms with van der Waals surface area (Å²) >= 11 is 0. The summed E-state index contributed by atoms with van der Waals surface area (Å²) in [5, 5.41) is 0. The van der Waals surface area contributed by atoms with Gasteiger partial charge in [-0.05, 0) is 56.0 Å². The first-order chi connectivity index (χ1) is 12.1. The summed E-state index contributed by atoms with van der Waals surface area (Å²) in [6, 6.07) is 10.7. The first kappa shape index (κ1) is 16.3. The molecule has 0 N–H and O–H groups in total. The molecule has 2 aromatic rings. The van der Waals surface area contributed by atoms with E-state index in [9.17, 15) is 4.79 Å². The number of likely N-dealkylation sites (tertiary alicyclic amines) is 2. The summed E-state index contributed by atoms with van der Waals surface area (Å²) in [7, 11) is 0. The number of benzene rings is 1. The van der Waals surface area contributed by atoms with Crippen molar-refractivity contribution in [3.63, 3.8) is 0 Å². The molecule has 2 aliphatic rings. The Morgan fingerprint density at radius 1 is 1.12 bits per heavy atom. The Hall–Kier alpha value is -2.20. The second kappa shape index (κ2) is 6.60. The third kappa shape index (κ3) is 3.31. The van der Waals surface area contributed by atoms with Crippen LogP contribution >= 0.6 is 0 Å². The van der Waals surface area contributed by atoms with E-state index in [1.165, 1.54) is 5.56 Å². The van der Waals surface area contributed by atoms with Gasteiger partial charge in [-0.15, -0.1) is 0 Å². The van der Waals surface area contributed by atoms with E-state index in [-0.39, 0.29) is 5.91 Å². The van der Waals surface area contributed by atoms with E-state index < -0.39 is 0 Å². The predicted octanol–water partition coefficient (Wildman–Crippen LogP) is 3.04. The second-order valence-electron chi connectivity index (χ2n) is 7.54. The fraction of sp³-hybridized carbons (Fsp3) is 0.429. The number of aryl methyl sites for hydroxylation is 2. The SMILES string of the molecule is Cc1cc(C)cc(C(=O)N2CCC3CN(Cc4ccncc4)CC32)c1. The quantitative estimate of drug-likeness (QED) is 0.865. The minimum atomic E-state index is 0.199. The molecule has 130 valence electrons. The average molecular weight is 335 g/mol. The molecule has 0 saturated carbocycles. The van der Waals surface area contributed by atoms with Gasteiger partial charge in [-0.25, -0.2) is 0 Å². The molecule has 1 aromatic heterocycles. The molecule has 2 atom stereocenters. The molecule has 25 heavy (non-hydrogen) atoms. The van der Waals surface area contributed by atoms with Crippen LogP contribution in [-0.4, -0.2) is 46.4 Å². The fourth-order valence-electron chi connectivity index (χ4n) is 4.44. The van der Waals surface area contributed by atoms with Crippen molar-refractivity contribution in [2.24, 2.45) is 5.92 Å². The molecule has 4 heteroatoms. The van der Waals surface area contributed by atoms with Gasteiger partial charge in [-0.2, -0.15) is 0 Å². The number of nitrogens with zero attached hydrogens (tertiary/aromatic N) is 3. The van der Waals surface area contributed by atoms with E-state index in [1.807, 2.05) is 24.5 Å². The molecule has 0 aliphatic carbocycles. The van der Waals surface area contributed by atoms with Crippen LogP contribution in [0.15, 0.2) is 42.7 Å². The van der Waals surface area contributed by atoms with Gasteiger partial charge in [0.15, 0.2) is 0 Å². The van der Waals surface area contributed by atoms with Crippen molar-refractivity contribution in [3.05, 3.63) is 65.0 Å². The summed E-state index contributed by atoms with van der Waals surface area (Å²) in [6.45, 7) is 8.02. The van der Waals surface area contributed by atoms with E-state index in [2.05, 4.69) is 46.8 Å². The van der Waals surface area contributed by atoms with Crippen LogP contribution < -0.4 is 0 Å². The Labute approximate surface area is 149 Å². The zero-order valence-corrected chi connectivity index (χ0v) is 15.0. The van der Waals surface area contributed by atoms with Gasteiger partial charge in [-0.3, -0.25) is 14.7 Å². The summed E-state index contributed by atoms with van der Waals surface area (Å²) in [5.74, 6) is 0.807. The van der Waals surface area contributed by atoms with Crippen LogP contribution in [0.25, 0.3) is 0 Å². The lowest BCUT2D eigenvalue weighted by atomic mass is 10.0.